The zero-order chi connectivity index (χ0) is 20.6. The van der Waals surface area contributed by atoms with Crippen LogP contribution < -0.4 is 14.4 Å². The normalized spacial score (nSPS) is 16.7. The maximum absolute atomic E-state index is 5.72. The second-order valence-corrected chi connectivity index (χ2v) is 8.78. The van der Waals surface area contributed by atoms with Crippen LogP contribution >= 0.6 is 11.3 Å². The highest BCUT2D eigenvalue weighted by Crippen LogP contribution is 2.31. The van der Waals surface area contributed by atoms with Gasteiger partial charge in [-0.3, -0.25) is 4.90 Å². The Morgan fingerprint density at radius 1 is 0.903 bits per heavy atom. The Balaban J connectivity index is 1.10. The van der Waals surface area contributed by atoms with Gasteiger partial charge in [0.1, 0.15) is 13.2 Å². The molecule has 0 N–H and O–H groups in total. The van der Waals surface area contributed by atoms with Crippen molar-refractivity contribution in [2.24, 2.45) is 0 Å². The summed E-state index contributed by atoms with van der Waals surface area (Å²) in [6, 6.07) is 16.5. The Labute approximate surface area is 184 Å². The third kappa shape index (κ3) is 3.73. The lowest BCUT2D eigenvalue weighted by Crippen LogP contribution is -2.46. The molecule has 0 bridgehead atoms. The van der Waals surface area contributed by atoms with Crippen LogP contribution in [0.15, 0.2) is 54.7 Å². The van der Waals surface area contributed by atoms with Crippen molar-refractivity contribution in [3.8, 4) is 22.8 Å². The van der Waals surface area contributed by atoms with Crippen molar-refractivity contribution in [3.05, 3.63) is 60.3 Å². The van der Waals surface area contributed by atoms with E-state index in [4.69, 9.17) is 19.6 Å². The number of piperazine rings is 1. The van der Waals surface area contributed by atoms with Crippen LogP contribution in [0.1, 0.15) is 5.56 Å². The van der Waals surface area contributed by atoms with Gasteiger partial charge in [-0.15, -0.1) is 5.10 Å². The van der Waals surface area contributed by atoms with E-state index in [-0.39, 0.29) is 0 Å². The highest BCUT2D eigenvalue weighted by atomic mass is 32.1. The molecule has 2 aliphatic heterocycles. The number of anilines is 1. The van der Waals surface area contributed by atoms with Gasteiger partial charge in [-0.25, -0.2) is 9.50 Å². The standard InChI is InChI=1S/C23H23N5O2S/c1-2-4-18(5-3-1)19-16-28-22(24-19)31-23(25-28)27-10-8-26(9-11-27)15-17-6-7-20-21(14-17)30-13-12-29-20/h1-7,14,16H,8-13,15H2. The molecule has 8 heteroatoms. The summed E-state index contributed by atoms with van der Waals surface area (Å²) in [6.07, 6.45) is 2.02. The molecule has 0 amide bonds. The fourth-order valence-corrected chi connectivity index (χ4v) is 5.04. The first-order valence-corrected chi connectivity index (χ1v) is 11.4. The predicted molar refractivity (Wildman–Crippen MR) is 121 cm³/mol. The molecular formula is C23H23N5O2S. The zero-order valence-corrected chi connectivity index (χ0v) is 17.9. The molecule has 1 saturated heterocycles. The molecule has 4 aromatic rings. The van der Waals surface area contributed by atoms with Gasteiger partial charge in [-0.2, -0.15) is 0 Å². The van der Waals surface area contributed by atoms with Gasteiger partial charge in [0.2, 0.25) is 10.1 Å². The maximum Gasteiger partial charge on any atom is 0.214 e. The molecule has 0 atom stereocenters. The summed E-state index contributed by atoms with van der Waals surface area (Å²) < 4.78 is 13.2. The number of aromatic nitrogens is 3. The van der Waals surface area contributed by atoms with Crippen molar-refractivity contribution in [1.29, 1.82) is 0 Å². The first-order valence-electron chi connectivity index (χ1n) is 10.6. The molecule has 158 valence electrons. The fourth-order valence-electron chi connectivity index (χ4n) is 4.11. The van der Waals surface area contributed by atoms with Crippen LogP contribution in [0.25, 0.3) is 16.2 Å². The van der Waals surface area contributed by atoms with Crippen molar-refractivity contribution in [3.63, 3.8) is 0 Å². The summed E-state index contributed by atoms with van der Waals surface area (Å²) in [5.41, 5.74) is 3.35. The summed E-state index contributed by atoms with van der Waals surface area (Å²) >= 11 is 1.66. The molecule has 0 saturated carbocycles. The summed E-state index contributed by atoms with van der Waals surface area (Å²) in [5, 5.41) is 5.83. The molecule has 0 spiro atoms. The van der Waals surface area contributed by atoms with Crippen LogP contribution in [-0.2, 0) is 6.54 Å². The van der Waals surface area contributed by atoms with E-state index in [0.717, 1.165) is 65.6 Å². The van der Waals surface area contributed by atoms with E-state index in [2.05, 4.69) is 34.1 Å². The molecule has 2 aromatic heterocycles. The summed E-state index contributed by atoms with van der Waals surface area (Å²) in [4.78, 5) is 10.5. The minimum absolute atomic E-state index is 0.624. The van der Waals surface area contributed by atoms with Crippen molar-refractivity contribution in [1.82, 2.24) is 19.5 Å². The summed E-state index contributed by atoms with van der Waals surface area (Å²) in [5.74, 6) is 1.72. The van der Waals surface area contributed by atoms with Gasteiger partial charge >= 0.3 is 0 Å². The smallest absolute Gasteiger partial charge is 0.214 e. The number of rotatable bonds is 4. The fraction of sp³-hybridized carbons (Fsp3) is 0.304. The van der Waals surface area contributed by atoms with Gasteiger partial charge in [0.25, 0.3) is 0 Å². The number of nitrogens with zero attached hydrogens (tertiary/aromatic N) is 5. The third-order valence-corrected chi connectivity index (χ3v) is 6.74. The lowest BCUT2D eigenvalue weighted by atomic mass is 10.1. The van der Waals surface area contributed by atoms with Gasteiger partial charge in [-0.1, -0.05) is 47.7 Å². The van der Waals surface area contributed by atoms with E-state index in [1.165, 1.54) is 5.56 Å². The third-order valence-electron chi connectivity index (χ3n) is 5.76. The van der Waals surface area contributed by atoms with E-state index >= 15 is 0 Å². The zero-order valence-electron chi connectivity index (χ0n) is 17.1. The predicted octanol–water partition coefficient (Wildman–Crippen LogP) is 3.55. The molecule has 4 heterocycles. The van der Waals surface area contributed by atoms with E-state index in [0.29, 0.717) is 13.2 Å². The van der Waals surface area contributed by atoms with Crippen LogP contribution in [0.3, 0.4) is 0 Å². The van der Waals surface area contributed by atoms with Crippen molar-refractivity contribution in [2.75, 3.05) is 44.3 Å². The monoisotopic (exact) mass is 433 g/mol. The van der Waals surface area contributed by atoms with Crippen LogP contribution in [-0.4, -0.2) is 58.9 Å². The number of fused-ring (bicyclic) bond motifs is 2. The Morgan fingerprint density at radius 2 is 1.71 bits per heavy atom. The lowest BCUT2D eigenvalue weighted by molar-refractivity contribution is 0.171. The topological polar surface area (TPSA) is 55.1 Å². The second-order valence-electron chi connectivity index (χ2n) is 7.85. The van der Waals surface area contributed by atoms with Crippen molar-refractivity contribution >= 4 is 21.4 Å². The van der Waals surface area contributed by atoms with E-state index in [9.17, 15) is 0 Å². The van der Waals surface area contributed by atoms with Gasteiger partial charge in [-0.05, 0) is 17.7 Å². The van der Waals surface area contributed by atoms with Gasteiger partial charge < -0.3 is 14.4 Å². The first kappa shape index (κ1) is 18.7. The molecular weight excluding hydrogens is 410 g/mol. The van der Waals surface area contributed by atoms with Gasteiger partial charge in [0, 0.05) is 38.3 Å². The molecule has 31 heavy (non-hydrogen) atoms. The average Bonchev–Trinajstić information content (AvgIpc) is 3.40. The number of hydrogen-bond acceptors (Lipinski definition) is 7. The number of benzene rings is 2. The summed E-state index contributed by atoms with van der Waals surface area (Å²) in [7, 11) is 0. The largest absolute Gasteiger partial charge is 0.486 e. The minimum atomic E-state index is 0.624. The van der Waals surface area contributed by atoms with Crippen LogP contribution in [0, 0.1) is 0 Å². The molecule has 0 unspecified atom stereocenters. The van der Waals surface area contributed by atoms with Crippen LogP contribution in [0.2, 0.25) is 0 Å². The van der Waals surface area contributed by atoms with Crippen molar-refractivity contribution < 1.29 is 9.47 Å². The molecule has 1 fully saturated rings. The van der Waals surface area contributed by atoms with Gasteiger partial charge in [0.15, 0.2) is 11.5 Å². The number of hydrogen-bond donors (Lipinski definition) is 0. The molecule has 2 aromatic carbocycles. The number of imidazole rings is 1. The highest BCUT2D eigenvalue weighted by Gasteiger charge is 2.22. The van der Waals surface area contributed by atoms with Gasteiger partial charge in [0.05, 0.1) is 11.9 Å². The van der Waals surface area contributed by atoms with Crippen LogP contribution in [0.4, 0.5) is 5.13 Å². The molecule has 6 rings (SSSR count). The first-order chi connectivity index (χ1) is 15.3. The van der Waals surface area contributed by atoms with Crippen molar-refractivity contribution in [2.45, 2.75) is 6.54 Å². The number of ether oxygens (including phenoxy) is 2. The Hall–Kier alpha value is -3.10. The maximum atomic E-state index is 5.72. The average molecular weight is 434 g/mol. The summed E-state index contributed by atoms with van der Waals surface area (Å²) in [6.45, 7) is 6.12. The van der Waals surface area contributed by atoms with E-state index in [1.54, 1.807) is 11.3 Å². The van der Waals surface area contributed by atoms with Crippen LogP contribution in [0.5, 0.6) is 11.5 Å². The lowest BCUT2D eigenvalue weighted by Gasteiger charge is -2.34. The molecule has 0 radical (unpaired) electrons. The van der Waals surface area contributed by atoms with E-state index < -0.39 is 0 Å². The molecule has 7 nitrogen and oxygen atoms in total. The molecule has 0 aliphatic carbocycles. The quantitative estimate of drug-likeness (QED) is 0.491. The van der Waals surface area contributed by atoms with E-state index in [1.807, 2.05) is 35.0 Å². The Morgan fingerprint density at radius 3 is 2.52 bits per heavy atom. The minimum Gasteiger partial charge on any atom is -0.486 e. The second kappa shape index (κ2) is 7.86. The highest BCUT2D eigenvalue weighted by molar-refractivity contribution is 7.20. The Kier molecular flexibility index (Phi) is 4.73. The Bertz CT molecular complexity index is 1170. The molecule has 2 aliphatic rings. The SMILES string of the molecule is c1ccc(-c2cn3nc(N4CCN(Cc5ccc6c(c5)OCCO6)CC4)sc3n2)cc1.